The Morgan fingerprint density at radius 1 is 0.929 bits per heavy atom. The number of likely N-dealkylation sites (tertiary alicyclic amines) is 3. The van der Waals surface area contributed by atoms with Crippen LogP contribution in [0.3, 0.4) is 0 Å². The van der Waals surface area contributed by atoms with Gasteiger partial charge in [0.1, 0.15) is 0 Å². The van der Waals surface area contributed by atoms with Gasteiger partial charge in [-0.15, -0.1) is 0 Å². The Bertz CT molecular complexity index is 531. The molecule has 6 heteroatoms. The quantitative estimate of drug-likeness (QED) is 0.589. The van der Waals surface area contributed by atoms with Crippen LogP contribution in [0, 0.1) is 5.41 Å². The summed E-state index contributed by atoms with van der Waals surface area (Å²) < 4.78 is 5.62. The Balaban J connectivity index is 1.39. The first kappa shape index (κ1) is 20.4. The van der Waals surface area contributed by atoms with Crippen molar-refractivity contribution in [3.63, 3.8) is 0 Å². The summed E-state index contributed by atoms with van der Waals surface area (Å²) in [7, 11) is 4.23. The lowest BCUT2D eigenvalue weighted by molar-refractivity contribution is 0.0163. The predicted octanol–water partition coefficient (Wildman–Crippen LogP) is 2.01. The van der Waals surface area contributed by atoms with Crippen LogP contribution < -0.4 is 5.32 Å². The van der Waals surface area contributed by atoms with Crippen molar-refractivity contribution in [2.75, 3.05) is 73.1 Å². The molecule has 4 saturated heterocycles. The normalized spacial score (nSPS) is 29.4. The first-order valence-electron chi connectivity index (χ1n) is 11.6. The average molecular weight is 392 g/mol. The Kier molecular flexibility index (Phi) is 6.48. The number of hydrogen-bond acceptors (Lipinski definition) is 4. The number of guanidine groups is 1. The molecule has 0 aromatic carbocycles. The van der Waals surface area contributed by atoms with Crippen molar-refractivity contribution in [2.45, 2.75) is 56.9 Å². The topological polar surface area (TPSA) is 43.3 Å². The SMILES string of the molecule is CN=C(NCC1(N2CCCCC2)CCN(C)CC1)N1CCC2(CCOCC2)C1. The number of nitrogens with zero attached hydrogens (tertiary/aromatic N) is 4. The summed E-state index contributed by atoms with van der Waals surface area (Å²) in [5, 5.41) is 3.84. The van der Waals surface area contributed by atoms with E-state index in [0.717, 1.165) is 38.8 Å². The van der Waals surface area contributed by atoms with Crippen LogP contribution in [0.1, 0.15) is 51.4 Å². The molecule has 6 nitrogen and oxygen atoms in total. The molecule has 0 atom stereocenters. The zero-order valence-corrected chi connectivity index (χ0v) is 18.2. The maximum atomic E-state index is 5.62. The van der Waals surface area contributed by atoms with Crippen LogP contribution in [0.25, 0.3) is 0 Å². The first-order chi connectivity index (χ1) is 13.6. The molecule has 4 aliphatic rings. The third-order valence-corrected chi connectivity index (χ3v) is 8.02. The molecule has 0 amide bonds. The predicted molar refractivity (Wildman–Crippen MR) is 115 cm³/mol. The lowest BCUT2D eigenvalue weighted by Crippen LogP contribution is -2.62. The van der Waals surface area contributed by atoms with E-state index >= 15 is 0 Å². The van der Waals surface area contributed by atoms with Crippen LogP contribution in [0.4, 0.5) is 0 Å². The monoisotopic (exact) mass is 391 g/mol. The van der Waals surface area contributed by atoms with Gasteiger partial charge in [-0.3, -0.25) is 9.89 Å². The highest BCUT2D eigenvalue weighted by Gasteiger charge is 2.42. The fraction of sp³-hybridized carbons (Fsp3) is 0.955. The van der Waals surface area contributed by atoms with E-state index < -0.39 is 0 Å². The molecule has 4 heterocycles. The van der Waals surface area contributed by atoms with E-state index in [0.29, 0.717) is 11.0 Å². The molecular weight excluding hydrogens is 350 g/mol. The number of nitrogens with one attached hydrogen (secondary N) is 1. The van der Waals surface area contributed by atoms with Gasteiger partial charge in [-0.05, 0) is 83.6 Å². The van der Waals surface area contributed by atoms with Crippen molar-refractivity contribution in [3.05, 3.63) is 0 Å². The van der Waals surface area contributed by atoms with E-state index in [1.165, 1.54) is 77.5 Å². The van der Waals surface area contributed by atoms with E-state index in [1.54, 1.807) is 0 Å². The number of ether oxygens (including phenoxy) is 1. The van der Waals surface area contributed by atoms with Crippen molar-refractivity contribution in [1.29, 1.82) is 0 Å². The van der Waals surface area contributed by atoms with Gasteiger partial charge < -0.3 is 19.9 Å². The van der Waals surface area contributed by atoms with Crippen molar-refractivity contribution in [3.8, 4) is 0 Å². The Morgan fingerprint density at radius 2 is 1.64 bits per heavy atom. The summed E-state index contributed by atoms with van der Waals surface area (Å²) in [6.07, 6.45) is 10.4. The summed E-state index contributed by atoms with van der Waals surface area (Å²) in [4.78, 5) is 12.5. The highest BCUT2D eigenvalue weighted by Crippen LogP contribution is 2.39. The lowest BCUT2D eigenvalue weighted by atomic mass is 9.80. The van der Waals surface area contributed by atoms with E-state index in [2.05, 4.69) is 27.1 Å². The fourth-order valence-electron chi connectivity index (χ4n) is 5.91. The Labute approximate surface area is 171 Å². The molecule has 0 aromatic heterocycles. The lowest BCUT2D eigenvalue weighted by Gasteiger charge is -2.50. The highest BCUT2D eigenvalue weighted by atomic mass is 16.5. The third-order valence-electron chi connectivity index (χ3n) is 8.02. The molecule has 160 valence electrons. The maximum Gasteiger partial charge on any atom is 0.193 e. The van der Waals surface area contributed by atoms with Gasteiger partial charge in [0.25, 0.3) is 0 Å². The molecule has 0 saturated carbocycles. The van der Waals surface area contributed by atoms with Crippen molar-refractivity contribution in [1.82, 2.24) is 20.0 Å². The molecule has 1 spiro atoms. The molecule has 0 bridgehead atoms. The molecular formula is C22H41N5O. The van der Waals surface area contributed by atoms with Crippen molar-refractivity contribution >= 4 is 5.96 Å². The molecule has 4 rings (SSSR count). The van der Waals surface area contributed by atoms with Crippen LogP contribution in [-0.4, -0.2) is 99.3 Å². The van der Waals surface area contributed by atoms with Gasteiger partial charge >= 0.3 is 0 Å². The number of hydrogen-bond donors (Lipinski definition) is 1. The largest absolute Gasteiger partial charge is 0.381 e. The minimum absolute atomic E-state index is 0.305. The van der Waals surface area contributed by atoms with E-state index in [-0.39, 0.29) is 0 Å². The number of aliphatic imine (C=N–C) groups is 1. The molecule has 4 fully saturated rings. The fourth-order valence-corrected chi connectivity index (χ4v) is 5.91. The van der Waals surface area contributed by atoms with E-state index in [1.807, 2.05) is 7.05 Å². The van der Waals surface area contributed by atoms with Gasteiger partial charge in [-0.2, -0.15) is 0 Å². The van der Waals surface area contributed by atoms with Gasteiger partial charge in [0, 0.05) is 45.4 Å². The summed E-state index contributed by atoms with van der Waals surface area (Å²) in [6, 6.07) is 0. The second-order valence-corrected chi connectivity index (χ2v) is 9.76. The van der Waals surface area contributed by atoms with Crippen LogP contribution >= 0.6 is 0 Å². The zero-order valence-electron chi connectivity index (χ0n) is 18.2. The second kappa shape index (κ2) is 8.88. The van der Waals surface area contributed by atoms with Crippen LogP contribution in [0.2, 0.25) is 0 Å². The molecule has 0 unspecified atom stereocenters. The Hall–Kier alpha value is -0.850. The third kappa shape index (κ3) is 4.34. The number of piperidine rings is 2. The first-order valence-corrected chi connectivity index (χ1v) is 11.6. The summed E-state index contributed by atoms with van der Waals surface area (Å²) in [5.74, 6) is 1.12. The van der Waals surface area contributed by atoms with Gasteiger partial charge in [-0.1, -0.05) is 6.42 Å². The van der Waals surface area contributed by atoms with Gasteiger partial charge in [0.15, 0.2) is 5.96 Å². The minimum atomic E-state index is 0.305. The molecule has 1 N–H and O–H groups in total. The molecule has 4 aliphatic heterocycles. The van der Waals surface area contributed by atoms with Gasteiger partial charge in [-0.25, -0.2) is 0 Å². The van der Waals surface area contributed by atoms with E-state index in [4.69, 9.17) is 9.73 Å². The summed E-state index contributed by atoms with van der Waals surface area (Å²) >= 11 is 0. The molecule has 28 heavy (non-hydrogen) atoms. The molecule has 0 aromatic rings. The summed E-state index contributed by atoms with van der Waals surface area (Å²) in [5.41, 5.74) is 0.771. The Morgan fingerprint density at radius 3 is 2.32 bits per heavy atom. The average Bonchev–Trinajstić information content (AvgIpc) is 3.14. The van der Waals surface area contributed by atoms with Crippen LogP contribution in [0.5, 0.6) is 0 Å². The van der Waals surface area contributed by atoms with Crippen LogP contribution in [0.15, 0.2) is 4.99 Å². The highest BCUT2D eigenvalue weighted by molar-refractivity contribution is 5.80. The number of rotatable bonds is 3. The zero-order chi connectivity index (χ0) is 19.5. The molecule has 0 aliphatic carbocycles. The van der Waals surface area contributed by atoms with Gasteiger partial charge in [0.2, 0.25) is 0 Å². The van der Waals surface area contributed by atoms with Gasteiger partial charge in [0.05, 0.1) is 0 Å². The van der Waals surface area contributed by atoms with E-state index in [9.17, 15) is 0 Å². The smallest absolute Gasteiger partial charge is 0.193 e. The minimum Gasteiger partial charge on any atom is -0.381 e. The molecule has 0 radical (unpaired) electrons. The summed E-state index contributed by atoms with van der Waals surface area (Å²) in [6.45, 7) is 10.2. The second-order valence-electron chi connectivity index (χ2n) is 9.76. The maximum absolute atomic E-state index is 5.62. The van der Waals surface area contributed by atoms with Crippen molar-refractivity contribution < 1.29 is 4.74 Å². The van der Waals surface area contributed by atoms with Crippen LogP contribution in [-0.2, 0) is 4.74 Å². The van der Waals surface area contributed by atoms with Crippen molar-refractivity contribution in [2.24, 2.45) is 10.4 Å². The standard InChI is InChI=1S/C22H41N5O/c1-23-20(26-15-6-21(19-26)9-16-28-17-10-21)24-18-22(7-13-25(2)14-8-22)27-11-4-3-5-12-27/h3-19H2,1-2H3,(H,23,24).